The molecule has 16 heavy (non-hydrogen) atoms. The predicted octanol–water partition coefficient (Wildman–Crippen LogP) is 3.84. The van der Waals surface area contributed by atoms with Crippen LogP contribution in [0.25, 0.3) is 0 Å². The van der Waals surface area contributed by atoms with Gasteiger partial charge < -0.3 is 0 Å². The Morgan fingerprint density at radius 1 is 1.44 bits per heavy atom. The van der Waals surface area contributed by atoms with Crippen molar-refractivity contribution in [3.05, 3.63) is 34.4 Å². The number of benzene rings is 1. The van der Waals surface area contributed by atoms with E-state index in [4.69, 9.17) is 0 Å². The maximum Gasteiger partial charge on any atom is 0.133 e. The van der Waals surface area contributed by atoms with Crippen LogP contribution in [0.15, 0.2) is 11.1 Å². The van der Waals surface area contributed by atoms with Crippen molar-refractivity contribution in [2.24, 2.45) is 4.99 Å². The smallest absolute Gasteiger partial charge is 0.133 e. The maximum absolute atomic E-state index is 14.0. The van der Waals surface area contributed by atoms with Crippen molar-refractivity contribution in [2.75, 3.05) is 7.05 Å². The van der Waals surface area contributed by atoms with Gasteiger partial charge in [-0.15, -0.1) is 0 Å². The zero-order valence-corrected chi connectivity index (χ0v) is 10.1. The van der Waals surface area contributed by atoms with Gasteiger partial charge in [0.1, 0.15) is 11.6 Å². The summed E-state index contributed by atoms with van der Waals surface area (Å²) >= 11 is 0. The van der Waals surface area contributed by atoms with E-state index in [2.05, 4.69) is 4.99 Å². The van der Waals surface area contributed by atoms with E-state index in [0.717, 1.165) is 0 Å². The van der Waals surface area contributed by atoms with Crippen molar-refractivity contribution in [1.29, 1.82) is 0 Å². The minimum atomic E-state index is -0.479. The zero-order chi connectivity index (χ0) is 12.3. The van der Waals surface area contributed by atoms with E-state index in [1.165, 1.54) is 12.3 Å². The summed E-state index contributed by atoms with van der Waals surface area (Å²) in [6.07, 6.45) is 2.19. The van der Waals surface area contributed by atoms with Gasteiger partial charge in [0.2, 0.25) is 0 Å². The third-order valence-electron chi connectivity index (χ3n) is 2.91. The van der Waals surface area contributed by atoms with Gasteiger partial charge in [0.05, 0.1) is 0 Å². The summed E-state index contributed by atoms with van der Waals surface area (Å²) in [5.41, 5.74) is 1.15. The van der Waals surface area contributed by atoms with Crippen LogP contribution in [-0.4, -0.2) is 13.3 Å². The highest BCUT2D eigenvalue weighted by Crippen LogP contribution is 2.28. The van der Waals surface area contributed by atoms with Gasteiger partial charge >= 0.3 is 0 Å². The monoisotopic (exact) mass is 225 g/mol. The summed E-state index contributed by atoms with van der Waals surface area (Å²) in [4.78, 5) is 3.79. The fourth-order valence-electron chi connectivity index (χ4n) is 1.69. The van der Waals surface area contributed by atoms with Crippen LogP contribution in [0.4, 0.5) is 8.78 Å². The first kappa shape index (κ1) is 12.8. The van der Waals surface area contributed by atoms with Crippen molar-refractivity contribution < 1.29 is 8.78 Å². The molecule has 1 atom stereocenters. The van der Waals surface area contributed by atoms with Gasteiger partial charge in [0, 0.05) is 24.4 Å². The maximum atomic E-state index is 14.0. The van der Waals surface area contributed by atoms with Crippen LogP contribution >= 0.6 is 0 Å². The molecule has 1 unspecified atom stereocenters. The fraction of sp³-hybridized carbons (Fsp3) is 0.462. The van der Waals surface area contributed by atoms with Crippen molar-refractivity contribution in [3.63, 3.8) is 0 Å². The van der Waals surface area contributed by atoms with Crippen LogP contribution in [0, 0.1) is 18.6 Å². The molecule has 0 N–H and O–H groups in total. The Balaban J connectivity index is 3.39. The van der Waals surface area contributed by atoms with Crippen molar-refractivity contribution in [2.45, 2.75) is 33.1 Å². The van der Waals surface area contributed by atoms with Crippen LogP contribution in [0.3, 0.4) is 0 Å². The number of nitrogens with zero attached hydrogens (tertiary/aromatic N) is 1. The largest absolute Gasteiger partial charge is 0.296 e. The van der Waals surface area contributed by atoms with Gasteiger partial charge in [-0.25, -0.2) is 8.78 Å². The summed E-state index contributed by atoms with van der Waals surface area (Å²) in [7, 11) is 1.58. The van der Waals surface area contributed by atoms with E-state index in [1.54, 1.807) is 14.0 Å². The second kappa shape index (κ2) is 5.19. The first-order valence-corrected chi connectivity index (χ1v) is 5.43. The van der Waals surface area contributed by atoms with E-state index in [0.29, 0.717) is 17.5 Å². The predicted molar refractivity (Wildman–Crippen MR) is 63.3 cm³/mol. The highest BCUT2D eigenvalue weighted by Gasteiger charge is 2.18. The molecule has 0 aromatic heterocycles. The van der Waals surface area contributed by atoms with Gasteiger partial charge in [-0.1, -0.05) is 13.8 Å². The standard InChI is InChI=1S/C13H17F2N/c1-5-8(2)12-11(14)6-10(7-16-4)9(3)13(12)15/h6-8H,5H2,1-4H3. The summed E-state index contributed by atoms with van der Waals surface area (Å²) in [5.74, 6) is -1.03. The van der Waals surface area contributed by atoms with E-state index < -0.39 is 11.6 Å². The van der Waals surface area contributed by atoms with Crippen LogP contribution in [-0.2, 0) is 0 Å². The Hall–Kier alpha value is -1.25. The first-order chi connectivity index (χ1) is 7.52. The number of hydrogen-bond donors (Lipinski definition) is 0. The molecule has 0 spiro atoms. The molecular weight excluding hydrogens is 208 g/mol. The minimum Gasteiger partial charge on any atom is -0.296 e. The summed E-state index contributed by atoms with van der Waals surface area (Å²) in [6.45, 7) is 5.40. The highest BCUT2D eigenvalue weighted by atomic mass is 19.1. The summed E-state index contributed by atoms with van der Waals surface area (Å²) in [5, 5.41) is 0. The van der Waals surface area contributed by atoms with E-state index in [9.17, 15) is 8.78 Å². The molecule has 1 aromatic rings. The zero-order valence-electron chi connectivity index (χ0n) is 10.1. The molecule has 0 saturated heterocycles. The lowest BCUT2D eigenvalue weighted by atomic mass is 9.93. The van der Waals surface area contributed by atoms with Gasteiger partial charge in [-0.05, 0) is 30.9 Å². The Kier molecular flexibility index (Phi) is 4.16. The average Bonchev–Trinajstić information content (AvgIpc) is 2.25. The first-order valence-electron chi connectivity index (χ1n) is 5.43. The lowest BCUT2D eigenvalue weighted by Gasteiger charge is -2.14. The van der Waals surface area contributed by atoms with Gasteiger partial charge in [0.15, 0.2) is 0 Å². The molecule has 0 aliphatic carbocycles. The van der Waals surface area contributed by atoms with E-state index in [-0.39, 0.29) is 11.5 Å². The molecule has 0 saturated carbocycles. The molecule has 1 nitrogen and oxygen atoms in total. The van der Waals surface area contributed by atoms with Crippen LogP contribution in [0.5, 0.6) is 0 Å². The van der Waals surface area contributed by atoms with Gasteiger partial charge in [0.25, 0.3) is 0 Å². The van der Waals surface area contributed by atoms with E-state index in [1.807, 2.05) is 13.8 Å². The topological polar surface area (TPSA) is 12.4 Å². The molecule has 0 amide bonds. The lowest BCUT2D eigenvalue weighted by Crippen LogP contribution is -2.05. The summed E-state index contributed by atoms with van der Waals surface area (Å²) in [6, 6.07) is 1.35. The Morgan fingerprint density at radius 2 is 2.06 bits per heavy atom. The molecule has 0 radical (unpaired) electrons. The molecule has 1 rings (SSSR count). The van der Waals surface area contributed by atoms with Gasteiger partial charge in [-0.3, -0.25) is 4.99 Å². The number of aliphatic imine (C=N–C) groups is 1. The third kappa shape index (κ3) is 2.29. The van der Waals surface area contributed by atoms with Crippen LogP contribution in [0.2, 0.25) is 0 Å². The molecular formula is C13H17F2N. The molecule has 0 aliphatic heterocycles. The van der Waals surface area contributed by atoms with E-state index >= 15 is 0 Å². The highest BCUT2D eigenvalue weighted by molar-refractivity contribution is 5.81. The quantitative estimate of drug-likeness (QED) is 0.693. The van der Waals surface area contributed by atoms with Crippen LogP contribution in [0.1, 0.15) is 42.9 Å². The Bertz CT molecular complexity index is 411. The van der Waals surface area contributed by atoms with Crippen LogP contribution < -0.4 is 0 Å². The van der Waals surface area contributed by atoms with Crippen molar-refractivity contribution >= 4 is 6.21 Å². The summed E-state index contributed by atoms with van der Waals surface area (Å²) < 4.78 is 27.7. The second-order valence-electron chi connectivity index (χ2n) is 4.00. The molecule has 88 valence electrons. The molecule has 0 fully saturated rings. The average molecular weight is 225 g/mol. The third-order valence-corrected chi connectivity index (χ3v) is 2.91. The molecule has 0 bridgehead atoms. The Labute approximate surface area is 95.2 Å². The number of halogens is 2. The SMILES string of the molecule is CCC(C)c1c(F)cc(C=NC)c(C)c1F. The minimum absolute atomic E-state index is 0.105. The number of hydrogen-bond acceptors (Lipinski definition) is 1. The van der Waals surface area contributed by atoms with Crippen molar-refractivity contribution in [1.82, 2.24) is 0 Å². The Morgan fingerprint density at radius 3 is 2.56 bits per heavy atom. The fourth-order valence-corrected chi connectivity index (χ4v) is 1.69. The number of rotatable bonds is 3. The normalized spacial score (nSPS) is 13.4. The second-order valence-corrected chi connectivity index (χ2v) is 4.00. The molecule has 0 aliphatic rings. The molecule has 0 heterocycles. The lowest BCUT2D eigenvalue weighted by molar-refractivity contribution is 0.523. The molecule has 3 heteroatoms. The molecule has 1 aromatic carbocycles. The van der Waals surface area contributed by atoms with Crippen molar-refractivity contribution in [3.8, 4) is 0 Å². The van der Waals surface area contributed by atoms with Gasteiger partial charge in [-0.2, -0.15) is 0 Å².